The van der Waals surface area contributed by atoms with Crippen molar-refractivity contribution in [3.8, 4) is 0 Å². The minimum absolute atomic E-state index is 0. The number of para-hydroxylation sites is 2. The number of benzene rings is 3. The number of hydrogen-bond acceptors (Lipinski definition) is 9. The standard InChI is InChI=1S/C27H34N3.C26H33N4.C23H26N3.C18H16N3.4Ir/c1-25(2,3)16-17-14-22-24-20(11-13-23(28-24)27(7,8)9)29-30(22)21-12-10-18(15-19(17)21)26(4,5)6;1-24(2,3)15-16-14-19-23-17(10-12-20(28-23)25(4,5)6)29-30(19)18-11-13-21(26(7,8)9)27-22(16)18;1-22(2,3)13-15-11-20-17-12-21(23(4,5)6)24-14-18(17)25-26(20)19-10-8-7-9-16(15)19;1-18(2,3)17-10-13-14(11-19-17)20-21-15-7-5-4-6-12(15)8-9-16(13)21;;;;/h10-11,13-15H,16H2,1-9H3;10,12-14H,15H2,1-9H3;7-9,11-12,14H,13H2,1-6H3;4-6,8-11H,1-3H3;;;;/q4*-1;;;;. The molecule has 0 amide bonds. The molecule has 13 nitrogen and oxygen atoms in total. The summed E-state index contributed by atoms with van der Waals surface area (Å²) >= 11 is 0. The van der Waals surface area contributed by atoms with Crippen LogP contribution in [0.5, 0.6) is 0 Å². The maximum Gasteiger partial charge on any atom is 0.116 e. The minimum atomic E-state index is -0.0311. The fourth-order valence-electron chi connectivity index (χ4n) is 14.1. The Labute approximate surface area is 711 Å². The molecule has 13 aromatic heterocycles. The van der Waals surface area contributed by atoms with Gasteiger partial charge in [-0.15, -0.1) is 27.8 Å². The minimum Gasteiger partial charge on any atom is -0.377 e. The first-order valence-corrected chi connectivity index (χ1v) is 38.1. The molecule has 16 rings (SSSR count). The van der Waals surface area contributed by atoms with Gasteiger partial charge in [0.25, 0.3) is 0 Å². The van der Waals surface area contributed by atoms with E-state index in [4.69, 9.17) is 30.2 Å². The van der Waals surface area contributed by atoms with Gasteiger partial charge in [-0.05, 0) is 129 Å². The van der Waals surface area contributed by atoms with Crippen LogP contribution in [0.15, 0.2) is 134 Å². The second-order valence-electron chi connectivity index (χ2n) is 39.6. The quantitative estimate of drug-likeness (QED) is 0.159. The van der Waals surface area contributed by atoms with Crippen molar-refractivity contribution in [1.29, 1.82) is 0 Å². The first-order chi connectivity index (χ1) is 49.6. The van der Waals surface area contributed by atoms with Gasteiger partial charge >= 0.3 is 0 Å². The third-order valence-electron chi connectivity index (χ3n) is 19.8. The van der Waals surface area contributed by atoms with E-state index in [1.54, 1.807) is 0 Å². The Kier molecular flexibility index (Phi) is 25.0. The molecule has 0 saturated carbocycles. The smallest absolute Gasteiger partial charge is 0.116 e. The van der Waals surface area contributed by atoms with Gasteiger partial charge in [0, 0.05) is 136 Å². The van der Waals surface area contributed by atoms with Crippen LogP contribution in [0.2, 0.25) is 0 Å². The van der Waals surface area contributed by atoms with Gasteiger partial charge in [-0.25, -0.2) is 9.97 Å². The Balaban J connectivity index is 0.000000169. The van der Waals surface area contributed by atoms with Crippen molar-refractivity contribution < 1.29 is 80.4 Å². The summed E-state index contributed by atoms with van der Waals surface area (Å²) in [6.07, 6.45) is 6.72. The zero-order valence-electron chi connectivity index (χ0n) is 70.0. The zero-order valence-corrected chi connectivity index (χ0v) is 79.6. The molecular weight excluding hydrogens is 2080 g/mol. The molecule has 0 unspecified atom stereocenters. The maximum absolute atomic E-state index is 5.10. The first kappa shape index (κ1) is 87.8. The zero-order chi connectivity index (χ0) is 77.4. The number of fused-ring (bicyclic) bond motifs is 20. The summed E-state index contributed by atoms with van der Waals surface area (Å²) in [6.45, 7) is 60.2. The molecule has 0 aliphatic rings. The average molecular weight is 2190 g/mol. The van der Waals surface area contributed by atoms with Gasteiger partial charge in [-0.1, -0.05) is 215 Å². The Morgan fingerprint density at radius 3 is 1.19 bits per heavy atom. The number of aromatic nitrogens is 13. The molecule has 0 aliphatic carbocycles. The van der Waals surface area contributed by atoms with Gasteiger partial charge < -0.3 is 4.98 Å². The predicted molar refractivity (Wildman–Crippen MR) is 447 cm³/mol. The topological polar surface area (TPSA) is 134 Å². The van der Waals surface area contributed by atoms with Crippen molar-refractivity contribution in [3.63, 3.8) is 0 Å². The van der Waals surface area contributed by atoms with Crippen LogP contribution in [-0.2, 0) is 132 Å². The van der Waals surface area contributed by atoms with Crippen LogP contribution in [0, 0.1) is 40.5 Å². The number of nitrogens with zero attached hydrogens (tertiary/aromatic N) is 13. The van der Waals surface area contributed by atoms with E-state index in [1.807, 2.05) is 54.7 Å². The predicted octanol–water partition coefficient (Wildman–Crippen LogP) is 23.3. The molecule has 0 bridgehead atoms. The van der Waals surface area contributed by atoms with Crippen LogP contribution in [-0.4, -0.2) is 63.4 Å². The van der Waals surface area contributed by atoms with E-state index in [0.29, 0.717) is 0 Å². The fraction of sp³-hybridized carbons (Fsp3) is 0.415. The molecule has 4 radical (unpaired) electrons. The molecule has 0 spiro atoms. The van der Waals surface area contributed by atoms with Crippen LogP contribution in [0.3, 0.4) is 0 Å². The Morgan fingerprint density at radius 1 is 0.297 bits per heavy atom. The third kappa shape index (κ3) is 18.6. The van der Waals surface area contributed by atoms with Gasteiger partial charge in [0.05, 0.1) is 34.5 Å². The molecular formula is C94H109Ir4N13-4. The van der Waals surface area contributed by atoms with E-state index >= 15 is 0 Å². The van der Waals surface area contributed by atoms with Gasteiger partial charge in [0.2, 0.25) is 0 Å². The molecule has 0 saturated heterocycles. The third-order valence-corrected chi connectivity index (χ3v) is 19.8. The van der Waals surface area contributed by atoms with Gasteiger partial charge in [-0.2, -0.15) is 99.3 Å². The van der Waals surface area contributed by atoms with Gasteiger partial charge in [0.15, 0.2) is 0 Å². The van der Waals surface area contributed by atoms with E-state index in [9.17, 15) is 0 Å². The normalized spacial score (nSPS) is 12.8. The van der Waals surface area contributed by atoms with Crippen LogP contribution in [0.1, 0.15) is 238 Å². The number of rotatable bonds is 3. The second kappa shape index (κ2) is 31.6. The van der Waals surface area contributed by atoms with Crippen LogP contribution in [0.25, 0.3) is 110 Å². The van der Waals surface area contributed by atoms with Gasteiger partial charge in [-0.3, -0.25) is 28.0 Å². The van der Waals surface area contributed by atoms with Crippen molar-refractivity contribution in [2.45, 2.75) is 239 Å². The molecule has 17 heteroatoms. The second-order valence-corrected chi connectivity index (χ2v) is 39.6. The van der Waals surface area contributed by atoms with Gasteiger partial charge in [0.1, 0.15) is 33.1 Å². The van der Waals surface area contributed by atoms with Crippen molar-refractivity contribution in [1.82, 2.24) is 63.4 Å². The molecule has 0 N–H and O–H groups in total. The number of hydrogen-bond donors (Lipinski definition) is 0. The molecule has 590 valence electrons. The summed E-state index contributed by atoms with van der Waals surface area (Å²) in [5, 5.41) is 25.2. The van der Waals surface area contributed by atoms with Crippen molar-refractivity contribution in [3.05, 3.63) is 209 Å². The summed E-state index contributed by atoms with van der Waals surface area (Å²) in [5.74, 6) is 0. The fourth-order valence-corrected chi connectivity index (χ4v) is 14.1. The summed E-state index contributed by atoms with van der Waals surface area (Å²) in [6, 6.07) is 56.3. The summed E-state index contributed by atoms with van der Waals surface area (Å²) < 4.78 is 8.01. The van der Waals surface area contributed by atoms with E-state index in [-0.39, 0.29) is 129 Å². The monoisotopic (exact) mass is 2190 g/mol. The first-order valence-electron chi connectivity index (χ1n) is 38.1. The van der Waals surface area contributed by atoms with Crippen molar-refractivity contribution in [2.75, 3.05) is 0 Å². The molecule has 0 fully saturated rings. The summed E-state index contributed by atoms with van der Waals surface area (Å²) in [4.78, 5) is 24.4. The van der Waals surface area contributed by atoms with Crippen molar-refractivity contribution >= 4 is 110 Å². The SMILES string of the molecule is CC(C)(C)Cc1cc2c3cc(C(C)(C)C)ncc3nn2c2[c-]cccc12.CC(C)(C)Cc1cc2c3nc(C(C)(C)C)ccc3nn2c2[c-]cc(C(C)(C)C)cc12.CC(C)(C)Cc1cc2c3nc(C(C)(C)C)ccc3nn2c2[c-]cc(C(C)(C)C)nc12.CC(C)(C)c1cc2c(cn1)nn1c3[c-]cccc3ccc21.[Ir].[Ir].[Ir].[Ir]. The van der Waals surface area contributed by atoms with E-state index in [0.717, 1.165) is 141 Å². The Hall–Kier alpha value is -7.15. The largest absolute Gasteiger partial charge is 0.377 e. The van der Waals surface area contributed by atoms with E-state index in [1.165, 1.54) is 38.4 Å². The molecule has 16 aromatic rings. The molecule has 0 aliphatic heterocycles. The van der Waals surface area contributed by atoms with E-state index < -0.39 is 0 Å². The number of pyridine rings is 9. The van der Waals surface area contributed by atoms with Crippen molar-refractivity contribution in [2.24, 2.45) is 16.2 Å². The van der Waals surface area contributed by atoms with Crippen LogP contribution in [0.4, 0.5) is 0 Å². The average Bonchev–Trinajstić information content (AvgIpc) is 1.62. The summed E-state index contributed by atoms with van der Waals surface area (Å²) in [5.41, 5.74) is 26.2. The van der Waals surface area contributed by atoms with Crippen LogP contribution < -0.4 is 0 Å². The summed E-state index contributed by atoms with van der Waals surface area (Å²) in [7, 11) is 0. The molecule has 13 heterocycles. The molecule has 3 aromatic carbocycles. The molecule has 111 heavy (non-hydrogen) atoms. The molecule has 0 atom stereocenters. The Morgan fingerprint density at radius 2 is 0.694 bits per heavy atom. The van der Waals surface area contributed by atoms with E-state index in [2.05, 4.69) is 323 Å². The maximum atomic E-state index is 5.10. The Bertz CT molecular complexity index is 5930. The van der Waals surface area contributed by atoms with Crippen LogP contribution >= 0.6 is 0 Å².